The van der Waals surface area contributed by atoms with Crippen molar-refractivity contribution in [2.75, 3.05) is 13.6 Å². The Morgan fingerprint density at radius 3 is 2.88 bits per heavy atom. The number of carbonyl (C=O) groups is 2. The minimum Gasteiger partial charge on any atom is -0.465 e. The van der Waals surface area contributed by atoms with Gasteiger partial charge < -0.3 is 14.9 Å². The molecule has 2 aromatic rings. The van der Waals surface area contributed by atoms with Gasteiger partial charge >= 0.3 is 6.09 Å². The van der Waals surface area contributed by atoms with Crippen molar-refractivity contribution >= 4 is 12.0 Å². The first-order valence-corrected chi connectivity index (χ1v) is 8.29. The summed E-state index contributed by atoms with van der Waals surface area (Å²) in [7, 11) is 1.76. The predicted octanol–water partition coefficient (Wildman–Crippen LogP) is 0.900. The van der Waals surface area contributed by atoms with Crippen LogP contribution >= 0.6 is 0 Å². The molecule has 2 aliphatic rings. The SMILES string of the molecule is C[C@@H]1Cc2nn3c(c2CN1C(=O)O)C(=O)N(C)C[C@H](c1cc[nH]n1)C3. The average molecular weight is 344 g/mol. The van der Waals surface area contributed by atoms with E-state index in [1.165, 1.54) is 4.90 Å². The summed E-state index contributed by atoms with van der Waals surface area (Å²) in [6.07, 6.45) is 1.32. The van der Waals surface area contributed by atoms with Gasteiger partial charge in [-0.25, -0.2) is 4.79 Å². The summed E-state index contributed by atoms with van der Waals surface area (Å²) in [6.45, 7) is 3.15. The van der Waals surface area contributed by atoms with Crippen molar-refractivity contribution in [3.05, 3.63) is 34.9 Å². The minimum atomic E-state index is -0.970. The van der Waals surface area contributed by atoms with Crippen LogP contribution < -0.4 is 0 Å². The van der Waals surface area contributed by atoms with E-state index in [0.717, 1.165) is 17.0 Å². The predicted molar refractivity (Wildman–Crippen MR) is 87.3 cm³/mol. The first-order chi connectivity index (χ1) is 12.0. The van der Waals surface area contributed by atoms with Gasteiger partial charge in [0, 0.05) is 43.7 Å². The van der Waals surface area contributed by atoms with Crippen molar-refractivity contribution in [1.29, 1.82) is 0 Å². The van der Waals surface area contributed by atoms with Crippen LogP contribution in [0.3, 0.4) is 0 Å². The maximum Gasteiger partial charge on any atom is 0.407 e. The first-order valence-electron chi connectivity index (χ1n) is 8.29. The molecule has 0 radical (unpaired) electrons. The molecule has 0 spiro atoms. The van der Waals surface area contributed by atoms with Crippen LogP contribution in [-0.2, 0) is 19.5 Å². The van der Waals surface area contributed by atoms with Gasteiger partial charge in [-0.15, -0.1) is 0 Å². The largest absolute Gasteiger partial charge is 0.465 e. The Morgan fingerprint density at radius 2 is 2.20 bits per heavy atom. The summed E-state index contributed by atoms with van der Waals surface area (Å²) in [6, 6.07) is 1.75. The van der Waals surface area contributed by atoms with Crippen LogP contribution in [0, 0.1) is 0 Å². The molecule has 0 aromatic carbocycles. The highest BCUT2D eigenvalue weighted by molar-refractivity contribution is 5.94. The Morgan fingerprint density at radius 1 is 1.40 bits per heavy atom. The second-order valence-electron chi connectivity index (χ2n) is 6.80. The van der Waals surface area contributed by atoms with Crippen molar-refractivity contribution in [2.24, 2.45) is 0 Å². The van der Waals surface area contributed by atoms with E-state index in [4.69, 9.17) is 0 Å². The number of aromatic amines is 1. The number of carbonyl (C=O) groups excluding carboxylic acids is 1. The topological polar surface area (TPSA) is 107 Å². The van der Waals surface area contributed by atoms with Crippen LogP contribution in [-0.4, -0.2) is 66.5 Å². The fourth-order valence-electron chi connectivity index (χ4n) is 3.77. The molecule has 2 aromatic heterocycles. The molecule has 4 heterocycles. The highest BCUT2D eigenvalue weighted by atomic mass is 16.4. The van der Waals surface area contributed by atoms with Gasteiger partial charge in [-0.3, -0.25) is 14.6 Å². The Kier molecular flexibility index (Phi) is 3.52. The quantitative estimate of drug-likeness (QED) is 0.799. The van der Waals surface area contributed by atoms with Crippen LogP contribution in [0.25, 0.3) is 0 Å². The number of amides is 2. The third-order valence-corrected chi connectivity index (χ3v) is 5.11. The molecular formula is C16H20N6O3. The molecule has 0 unspecified atom stereocenters. The molecule has 25 heavy (non-hydrogen) atoms. The zero-order valence-electron chi connectivity index (χ0n) is 14.1. The number of nitrogens with zero attached hydrogens (tertiary/aromatic N) is 5. The van der Waals surface area contributed by atoms with E-state index in [0.29, 0.717) is 25.2 Å². The van der Waals surface area contributed by atoms with E-state index in [-0.39, 0.29) is 24.4 Å². The number of H-pyrrole nitrogens is 1. The van der Waals surface area contributed by atoms with Gasteiger partial charge in [-0.05, 0) is 13.0 Å². The van der Waals surface area contributed by atoms with Gasteiger partial charge in [0.25, 0.3) is 5.91 Å². The molecule has 4 rings (SSSR count). The molecule has 2 aliphatic heterocycles. The van der Waals surface area contributed by atoms with Crippen molar-refractivity contribution in [1.82, 2.24) is 29.8 Å². The van der Waals surface area contributed by atoms with E-state index in [2.05, 4.69) is 15.3 Å². The number of likely N-dealkylation sites (N-methyl/N-ethyl adjacent to an activating group) is 1. The molecule has 0 aliphatic carbocycles. The summed E-state index contributed by atoms with van der Waals surface area (Å²) in [5.41, 5.74) is 2.96. The number of aromatic nitrogens is 4. The van der Waals surface area contributed by atoms with Crippen LogP contribution in [0.15, 0.2) is 12.3 Å². The van der Waals surface area contributed by atoms with Gasteiger partial charge in [-0.2, -0.15) is 10.2 Å². The monoisotopic (exact) mass is 344 g/mol. The maximum absolute atomic E-state index is 12.9. The fourth-order valence-corrected chi connectivity index (χ4v) is 3.77. The maximum atomic E-state index is 12.9. The summed E-state index contributed by atoms with van der Waals surface area (Å²) in [5, 5.41) is 21.1. The van der Waals surface area contributed by atoms with E-state index < -0.39 is 6.09 Å². The molecular weight excluding hydrogens is 324 g/mol. The zero-order chi connectivity index (χ0) is 17.7. The number of carboxylic acid groups (broad SMARTS) is 1. The molecule has 0 bridgehead atoms. The third kappa shape index (κ3) is 2.46. The summed E-state index contributed by atoms with van der Waals surface area (Å²) < 4.78 is 1.74. The number of nitrogens with one attached hydrogen (secondary N) is 1. The summed E-state index contributed by atoms with van der Waals surface area (Å²) >= 11 is 0. The van der Waals surface area contributed by atoms with Crippen molar-refractivity contribution in [2.45, 2.75) is 38.4 Å². The molecule has 2 amide bonds. The van der Waals surface area contributed by atoms with E-state index in [1.54, 1.807) is 22.8 Å². The lowest BCUT2D eigenvalue weighted by Gasteiger charge is -2.30. The number of hydrogen-bond donors (Lipinski definition) is 2. The van der Waals surface area contributed by atoms with Gasteiger partial charge in [-0.1, -0.05) is 0 Å². The molecule has 0 fully saturated rings. The number of rotatable bonds is 1. The normalized spacial score (nSPS) is 23.2. The summed E-state index contributed by atoms with van der Waals surface area (Å²) in [4.78, 5) is 27.4. The van der Waals surface area contributed by atoms with E-state index in [9.17, 15) is 14.7 Å². The average Bonchev–Trinajstić information content (AvgIpc) is 3.17. The molecule has 0 saturated heterocycles. The molecule has 2 atom stereocenters. The van der Waals surface area contributed by atoms with Crippen molar-refractivity contribution < 1.29 is 14.7 Å². The van der Waals surface area contributed by atoms with Crippen LogP contribution in [0.4, 0.5) is 4.79 Å². The lowest BCUT2D eigenvalue weighted by molar-refractivity contribution is 0.0784. The lowest BCUT2D eigenvalue weighted by atomic mass is 10.00. The highest BCUT2D eigenvalue weighted by Gasteiger charge is 2.37. The minimum absolute atomic E-state index is 0.0378. The molecule has 9 nitrogen and oxygen atoms in total. The first kappa shape index (κ1) is 15.7. The van der Waals surface area contributed by atoms with Crippen molar-refractivity contribution in [3.63, 3.8) is 0 Å². The Bertz CT molecular complexity index is 827. The van der Waals surface area contributed by atoms with Crippen LogP contribution in [0.2, 0.25) is 0 Å². The smallest absolute Gasteiger partial charge is 0.407 e. The number of hydrogen-bond acceptors (Lipinski definition) is 4. The van der Waals surface area contributed by atoms with Crippen molar-refractivity contribution in [3.8, 4) is 0 Å². The zero-order valence-corrected chi connectivity index (χ0v) is 14.1. The van der Waals surface area contributed by atoms with Gasteiger partial charge in [0.05, 0.1) is 24.5 Å². The van der Waals surface area contributed by atoms with E-state index in [1.807, 2.05) is 13.0 Å². The lowest BCUT2D eigenvalue weighted by Crippen LogP contribution is -2.42. The van der Waals surface area contributed by atoms with E-state index >= 15 is 0 Å². The Hall–Kier alpha value is -2.84. The molecule has 0 saturated carbocycles. The van der Waals surface area contributed by atoms with Gasteiger partial charge in [0.15, 0.2) is 0 Å². The summed E-state index contributed by atoms with van der Waals surface area (Å²) in [5.74, 6) is -0.0810. The van der Waals surface area contributed by atoms with Gasteiger partial charge in [0.1, 0.15) is 5.69 Å². The molecule has 2 N–H and O–H groups in total. The second kappa shape index (κ2) is 5.61. The Balaban J connectivity index is 1.77. The Labute approximate surface area is 144 Å². The molecule has 132 valence electrons. The third-order valence-electron chi connectivity index (χ3n) is 5.11. The van der Waals surface area contributed by atoms with Crippen LogP contribution in [0.5, 0.6) is 0 Å². The van der Waals surface area contributed by atoms with Gasteiger partial charge in [0.2, 0.25) is 0 Å². The fraction of sp³-hybridized carbons (Fsp3) is 0.500. The number of fused-ring (bicyclic) bond motifs is 3. The highest BCUT2D eigenvalue weighted by Crippen LogP contribution is 2.30. The van der Waals surface area contributed by atoms with Crippen LogP contribution in [0.1, 0.15) is 40.3 Å². The standard InChI is InChI=1S/C16H20N6O3/c1-9-5-13-11(8-21(9)16(24)25)14-15(23)20(2)6-10(7-22(14)19-13)12-3-4-17-18-12/h3-4,9-10H,5-8H2,1-2H3,(H,17,18)(H,24,25)/t9-,10+/m1/s1. The molecule has 9 heteroatoms. The second-order valence-corrected chi connectivity index (χ2v) is 6.80.